The summed E-state index contributed by atoms with van der Waals surface area (Å²) in [7, 11) is 0. The van der Waals surface area contributed by atoms with Crippen LogP contribution in [0.2, 0.25) is 0 Å². The minimum absolute atomic E-state index is 0.189. The molecule has 0 spiro atoms. The average molecular weight is 281 g/mol. The summed E-state index contributed by atoms with van der Waals surface area (Å²) in [5.41, 5.74) is 6.85. The van der Waals surface area contributed by atoms with Gasteiger partial charge in [0.25, 0.3) is 0 Å². The number of nitrogen functional groups attached to an aromatic ring is 1. The van der Waals surface area contributed by atoms with Gasteiger partial charge in [0, 0.05) is 16.3 Å². The zero-order chi connectivity index (χ0) is 13.8. The van der Waals surface area contributed by atoms with Crippen LogP contribution in [0.1, 0.15) is 11.7 Å². The predicted molar refractivity (Wildman–Crippen MR) is 72.9 cm³/mol. The number of anilines is 1. The predicted octanol–water partition coefficient (Wildman–Crippen LogP) is 3.37. The third-order valence-electron chi connectivity index (χ3n) is 2.61. The number of aliphatic hydroxyl groups is 1. The Morgan fingerprint density at radius 2 is 1.79 bits per heavy atom. The van der Waals surface area contributed by atoms with E-state index in [0.29, 0.717) is 11.3 Å². The van der Waals surface area contributed by atoms with Crippen molar-refractivity contribution in [3.63, 3.8) is 0 Å². The molecule has 2 rings (SSSR count). The van der Waals surface area contributed by atoms with Gasteiger partial charge < -0.3 is 10.8 Å². The highest BCUT2D eigenvalue weighted by atomic mass is 32.2. The molecule has 0 saturated heterocycles. The van der Waals surface area contributed by atoms with E-state index in [1.54, 1.807) is 24.3 Å². The largest absolute Gasteiger partial charge is 0.399 e. The van der Waals surface area contributed by atoms with Crippen LogP contribution in [0.4, 0.5) is 14.5 Å². The van der Waals surface area contributed by atoms with Gasteiger partial charge in [0.2, 0.25) is 0 Å². The summed E-state index contributed by atoms with van der Waals surface area (Å²) in [6, 6.07) is 10.1. The Morgan fingerprint density at radius 1 is 1.11 bits per heavy atom. The lowest BCUT2D eigenvalue weighted by Gasteiger charge is -2.11. The SMILES string of the molecule is Nc1ccc(C(O)CSc2cc(F)ccc2F)cc1. The summed E-state index contributed by atoms with van der Waals surface area (Å²) in [6.45, 7) is 0. The second-order valence-electron chi connectivity index (χ2n) is 4.07. The molecule has 0 fully saturated rings. The van der Waals surface area contributed by atoms with E-state index in [9.17, 15) is 13.9 Å². The molecule has 2 nitrogen and oxygen atoms in total. The van der Waals surface area contributed by atoms with Crippen LogP contribution in [0.15, 0.2) is 47.4 Å². The minimum atomic E-state index is -0.756. The molecule has 19 heavy (non-hydrogen) atoms. The monoisotopic (exact) mass is 281 g/mol. The average Bonchev–Trinajstić information content (AvgIpc) is 2.40. The van der Waals surface area contributed by atoms with Crippen LogP contribution in [0.3, 0.4) is 0 Å². The van der Waals surface area contributed by atoms with Crippen LogP contribution in [0, 0.1) is 11.6 Å². The van der Waals surface area contributed by atoms with Gasteiger partial charge in [-0.1, -0.05) is 12.1 Å². The van der Waals surface area contributed by atoms with Crippen LogP contribution in [0.25, 0.3) is 0 Å². The molecule has 0 aliphatic heterocycles. The Balaban J connectivity index is 2.02. The third-order valence-corrected chi connectivity index (χ3v) is 3.72. The van der Waals surface area contributed by atoms with Gasteiger partial charge in [-0.25, -0.2) is 8.78 Å². The molecule has 0 aliphatic rings. The van der Waals surface area contributed by atoms with Crippen molar-refractivity contribution in [1.82, 2.24) is 0 Å². The molecule has 100 valence electrons. The second-order valence-corrected chi connectivity index (χ2v) is 5.13. The molecule has 1 atom stereocenters. The van der Waals surface area contributed by atoms with Crippen molar-refractivity contribution in [1.29, 1.82) is 0 Å². The highest BCUT2D eigenvalue weighted by Crippen LogP contribution is 2.27. The molecule has 5 heteroatoms. The Labute approximate surface area is 114 Å². The maximum Gasteiger partial charge on any atom is 0.136 e. The number of aliphatic hydroxyl groups excluding tert-OH is 1. The standard InChI is InChI=1S/C14H13F2NOS/c15-10-3-6-12(16)14(7-10)19-8-13(18)9-1-4-11(17)5-2-9/h1-7,13,18H,8,17H2. The van der Waals surface area contributed by atoms with E-state index in [-0.39, 0.29) is 10.6 Å². The van der Waals surface area contributed by atoms with Crippen LogP contribution < -0.4 is 5.73 Å². The summed E-state index contributed by atoms with van der Waals surface area (Å²) in [5.74, 6) is -0.744. The molecule has 0 aliphatic carbocycles. The first-order chi connectivity index (χ1) is 9.06. The molecule has 0 heterocycles. The molecular weight excluding hydrogens is 268 g/mol. The van der Waals surface area contributed by atoms with E-state index in [1.165, 1.54) is 0 Å². The number of hydrogen-bond donors (Lipinski definition) is 2. The summed E-state index contributed by atoms with van der Waals surface area (Å²) in [5, 5.41) is 9.96. The quantitative estimate of drug-likeness (QED) is 0.667. The van der Waals surface area contributed by atoms with Crippen molar-refractivity contribution >= 4 is 17.4 Å². The van der Waals surface area contributed by atoms with E-state index in [2.05, 4.69) is 0 Å². The van der Waals surface area contributed by atoms with Gasteiger partial charge in [-0.15, -0.1) is 11.8 Å². The highest BCUT2D eigenvalue weighted by molar-refractivity contribution is 7.99. The molecule has 0 saturated carbocycles. The zero-order valence-electron chi connectivity index (χ0n) is 10.0. The van der Waals surface area contributed by atoms with Gasteiger partial charge >= 0.3 is 0 Å². The molecule has 2 aromatic carbocycles. The van der Waals surface area contributed by atoms with Gasteiger partial charge in [0.15, 0.2) is 0 Å². The van der Waals surface area contributed by atoms with Gasteiger partial charge in [-0.3, -0.25) is 0 Å². The first-order valence-electron chi connectivity index (χ1n) is 5.67. The summed E-state index contributed by atoms with van der Waals surface area (Å²) < 4.78 is 26.4. The zero-order valence-corrected chi connectivity index (χ0v) is 10.8. The van der Waals surface area contributed by atoms with Gasteiger partial charge in [-0.05, 0) is 35.9 Å². The first kappa shape index (κ1) is 13.8. The Morgan fingerprint density at radius 3 is 2.47 bits per heavy atom. The molecule has 0 bridgehead atoms. The molecule has 3 N–H and O–H groups in total. The van der Waals surface area contributed by atoms with Crippen molar-refractivity contribution in [2.24, 2.45) is 0 Å². The number of rotatable bonds is 4. The van der Waals surface area contributed by atoms with Crippen molar-refractivity contribution in [2.45, 2.75) is 11.0 Å². The van der Waals surface area contributed by atoms with Crippen LogP contribution in [-0.4, -0.2) is 10.9 Å². The maximum absolute atomic E-state index is 13.4. The minimum Gasteiger partial charge on any atom is -0.399 e. The Bertz CT molecular complexity index is 560. The second kappa shape index (κ2) is 6.04. The summed E-state index contributed by atoms with van der Waals surface area (Å²) >= 11 is 1.07. The summed E-state index contributed by atoms with van der Waals surface area (Å²) in [4.78, 5) is 0.189. The van der Waals surface area contributed by atoms with E-state index < -0.39 is 17.7 Å². The molecule has 1 unspecified atom stereocenters. The lowest BCUT2D eigenvalue weighted by molar-refractivity contribution is 0.204. The smallest absolute Gasteiger partial charge is 0.136 e. The molecule has 2 aromatic rings. The van der Waals surface area contributed by atoms with Gasteiger partial charge in [0.05, 0.1) is 6.10 Å². The lowest BCUT2D eigenvalue weighted by Crippen LogP contribution is -2.01. The fraction of sp³-hybridized carbons (Fsp3) is 0.143. The lowest BCUT2D eigenvalue weighted by atomic mass is 10.1. The fourth-order valence-corrected chi connectivity index (χ4v) is 2.50. The van der Waals surface area contributed by atoms with Crippen LogP contribution in [0.5, 0.6) is 0 Å². The first-order valence-corrected chi connectivity index (χ1v) is 6.66. The number of hydrogen-bond acceptors (Lipinski definition) is 3. The normalized spacial score (nSPS) is 12.4. The van der Waals surface area contributed by atoms with Crippen molar-refractivity contribution in [3.05, 3.63) is 59.7 Å². The third kappa shape index (κ3) is 3.68. The fourth-order valence-electron chi connectivity index (χ4n) is 1.57. The topological polar surface area (TPSA) is 46.2 Å². The van der Waals surface area contributed by atoms with Crippen molar-refractivity contribution in [3.8, 4) is 0 Å². The Kier molecular flexibility index (Phi) is 4.39. The Hall–Kier alpha value is -1.59. The number of halogens is 2. The molecule has 0 radical (unpaired) electrons. The number of benzene rings is 2. The van der Waals surface area contributed by atoms with E-state index in [4.69, 9.17) is 5.73 Å². The van der Waals surface area contributed by atoms with Gasteiger partial charge in [0.1, 0.15) is 11.6 Å². The molecule has 0 aromatic heterocycles. The molecular formula is C14H13F2NOS. The van der Waals surface area contributed by atoms with E-state index in [1.807, 2.05) is 0 Å². The van der Waals surface area contributed by atoms with Crippen molar-refractivity contribution < 1.29 is 13.9 Å². The summed E-state index contributed by atoms with van der Waals surface area (Å²) in [6.07, 6.45) is -0.756. The van der Waals surface area contributed by atoms with Gasteiger partial charge in [-0.2, -0.15) is 0 Å². The molecule has 0 amide bonds. The van der Waals surface area contributed by atoms with Crippen molar-refractivity contribution in [2.75, 3.05) is 11.5 Å². The van der Waals surface area contributed by atoms with E-state index in [0.717, 1.165) is 30.0 Å². The number of nitrogens with two attached hydrogens (primary N) is 1. The van der Waals surface area contributed by atoms with E-state index >= 15 is 0 Å². The maximum atomic E-state index is 13.4. The number of thioether (sulfide) groups is 1. The highest BCUT2D eigenvalue weighted by Gasteiger charge is 2.11. The van der Waals surface area contributed by atoms with Crippen LogP contribution >= 0.6 is 11.8 Å². The van der Waals surface area contributed by atoms with Crippen LogP contribution in [-0.2, 0) is 0 Å².